The first-order valence-electron chi connectivity index (χ1n) is 4.62. The molecule has 0 saturated heterocycles. The van der Waals surface area contributed by atoms with Crippen LogP contribution in [0.15, 0.2) is 24.3 Å². The lowest BCUT2D eigenvalue weighted by Crippen LogP contribution is -1.94. The zero-order valence-electron chi connectivity index (χ0n) is 8.33. The normalized spacial score (nSPS) is 10.5. The van der Waals surface area contributed by atoms with E-state index in [0.29, 0.717) is 17.1 Å². The predicted molar refractivity (Wildman–Crippen MR) is 60.5 cm³/mol. The molecule has 2 nitrogen and oxygen atoms in total. The molecule has 2 rings (SSSR count). The van der Waals surface area contributed by atoms with Gasteiger partial charge in [0.25, 0.3) is 0 Å². The van der Waals surface area contributed by atoms with Gasteiger partial charge in [0.05, 0.1) is 5.69 Å². The lowest BCUT2D eigenvalue weighted by Gasteiger charge is -2.00. The molecule has 0 aliphatic rings. The molecule has 1 aromatic carbocycles. The average molecular weight is 222 g/mol. The van der Waals surface area contributed by atoms with E-state index in [9.17, 15) is 4.39 Å². The molecule has 0 unspecified atom stereocenters. The van der Waals surface area contributed by atoms with Gasteiger partial charge < -0.3 is 5.73 Å². The second-order valence-corrected chi connectivity index (χ2v) is 4.56. The molecule has 0 aliphatic carbocycles. The monoisotopic (exact) mass is 222 g/mol. The fourth-order valence-electron chi connectivity index (χ4n) is 1.44. The number of benzene rings is 1. The molecule has 0 spiro atoms. The van der Waals surface area contributed by atoms with E-state index in [0.717, 1.165) is 10.6 Å². The highest BCUT2D eigenvalue weighted by Gasteiger charge is 2.08. The number of halogens is 1. The van der Waals surface area contributed by atoms with E-state index in [1.165, 1.54) is 17.4 Å². The van der Waals surface area contributed by atoms with Crippen LogP contribution in [0.25, 0.3) is 0 Å². The van der Waals surface area contributed by atoms with Gasteiger partial charge in [-0.2, -0.15) is 0 Å². The third-order valence-corrected chi connectivity index (χ3v) is 3.07. The number of nitrogens with two attached hydrogens (primary N) is 1. The summed E-state index contributed by atoms with van der Waals surface area (Å²) in [4.78, 5) is 5.23. The highest BCUT2D eigenvalue weighted by atomic mass is 32.1. The van der Waals surface area contributed by atoms with Gasteiger partial charge in [-0.3, -0.25) is 0 Å². The standard InChI is InChI=1S/C11H11FN2S/c1-7-10(14-11(13)15-7)6-8-4-2-3-5-9(8)12/h2-5H,6H2,1H3,(H2,13,14). The molecule has 0 amide bonds. The predicted octanol–water partition coefficient (Wildman–Crippen LogP) is 2.76. The summed E-state index contributed by atoms with van der Waals surface area (Å²) in [6, 6.07) is 6.73. The van der Waals surface area contributed by atoms with Crippen LogP contribution in [0.1, 0.15) is 16.1 Å². The molecular formula is C11H11FN2S. The number of aryl methyl sites for hydroxylation is 1. The Labute approximate surface area is 91.6 Å². The van der Waals surface area contributed by atoms with Crippen molar-refractivity contribution in [1.82, 2.24) is 4.98 Å². The highest BCUT2D eigenvalue weighted by molar-refractivity contribution is 7.15. The van der Waals surface area contributed by atoms with Crippen LogP contribution in [0.4, 0.5) is 9.52 Å². The summed E-state index contributed by atoms with van der Waals surface area (Å²) in [6.45, 7) is 1.95. The van der Waals surface area contributed by atoms with Gasteiger partial charge in [-0.15, -0.1) is 11.3 Å². The Morgan fingerprint density at radius 2 is 2.13 bits per heavy atom. The van der Waals surface area contributed by atoms with Gasteiger partial charge in [-0.25, -0.2) is 9.37 Å². The number of anilines is 1. The number of nitrogen functional groups attached to an aromatic ring is 1. The van der Waals surface area contributed by atoms with Crippen LogP contribution < -0.4 is 5.73 Å². The summed E-state index contributed by atoms with van der Waals surface area (Å²) >= 11 is 1.44. The molecular weight excluding hydrogens is 211 g/mol. The number of hydrogen-bond donors (Lipinski definition) is 1. The van der Waals surface area contributed by atoms with Gasteiger partial charge >= 0.3 is 0 Å². The van der Waals surface area contributed by atoms with E-state index in [-0.39, 0.29) is 5.82 Å². The van der Waals surface area contributed by atoms with E-state index < -0.39 is 0 Å². The first-order chi connectivity index (χ1) is 7.16. The molecule has 2 N–H and O–H groups in total. The Hall–Kier alpha value is -1.42. The van der Waals surface area contributed by atoms with Gasteiger partial charge in [0.2, 0.25) is 0 Å². The van der Waals surface area contributed by atoms with Crippen LogP contribution in [-0.4, -0.2) is 4.98 Å². The summed E-state index contributed by atoms with van der Waals surface area (Å²) in [5.41, 5.74) is 7.11. The summed E-state index contributed by atoms with van der Waals surface area (Å²) in [6.07, 6.45) is 0.506. The first-order valence-corrected chi connectivity index (χ1v) is 5.43. The highest BCUT2D eigenvalue weighted by Crippen LogP contribution is 2.22. The summed E-state index contributed by atoms with van der Waals surface area (Å²) in [5, 5.41) is 0.541. The minimum atomic E-state index is -0.191. The van der Waals surface area contributed by atoms with Crippen molar-refractivity contribution in [2.75, 3.05) is 5.73 Å². The molecule has 0 bridgehead atoms. The molecule has 0 fully saturated rings. The summed E-state index contributed by atoms with van der Waals surface area (Å²) in [5.74, 6) is -0.191. The van der Waals surface area contributed by atoms with Crippen molar-refractivity contribution in [2.45, 2.75) is 13.3 Å². The molecule has 0 aliphatic heterocycles. The lowest BCUT2D eigenvalue weighted by atomic mass is 10.1. The van der Waals surface area contributed by atoms with Crippen LogP contribution >= 0.6 is 11.3 Å². The Morgan fingerprint density at radius 1 is 1.40 bits per heavy atom. The van der Waals surface area contributed by atoms with Crippen LogP contribution in [0, 0.1) is 12.7 Å². The van der Waals surface area contributed by atoms with Crippen molar-refractivity contribution in [2.24, 2.45) is 0 Å². The minimum absolute atomic E-state index is 0.191. The second-order valence-electron chi connectivity index (χ2n) is 3.32. The summed E-state index contributed by atoms with van der Waals surface area (Å²) in [7, 11) is 0. The number of nitrogens with zero attached hydrogens (tertiary/aromatic N) is 1. The van der Waals surface area contributed by atoms with E-state index >= 15 is 0 Å². The Morgan fingerprint density at radius 3 is 2.73 bits per heavy atom. The fourth-order valence-corrected chi connectivity index (χ4v) is 2.14. The maximum Gasteiger partial charge on any atom is 0.180 e. The second kappa shape index (κ2) is 3.98. The lowest BCUT2D eigenvalue weighted by molar-refractivity contribution is 0.613. The average Bonchev–Trinajstić information content (AvgIpc) is 2.49. The van der Waals surface area contributed by atoms with Gasteiger partial charge in [-0.1, -0.05) is 18.2 Å². The SMILES string of the molecule is Cc1sc(N)nc1Cc1ccccc1F. The van der Waals surface area contributed by atoms with Crippen LogP contribution in [-0.2, 0) is 6.42 Å². The molecule has 2 aromatic rings. The van der Waals surface area contributed by atoms with Crippen LogP contribution in [0.5, 0.6) is 0 Å². The Bertz CT molecular complexity index is 479. The van der Waals surface area contributed by atoms with Gasteiger partial charge in [0, 0.05) is 11.3 Å². The number of hydrogen-bond acceptors (Lipinski definition) is 3. The molecule has 1 heterocycles. The molecule has 0 saturated carbocycles. The van der Waals surface area contributed by atoms with Gasteiger partial charge in [0.1, 0.15) is 5.82 Å². The van der Waals surface area contributed by atoms with E-state index in [1.54, 1.807) is 12.1 Å². The van der Waals surface area contributed by atoms with Crippen molar-refractivity contribution < 1.29 is 4.39 Å². The maximum atomic E-state index is 13.4. The van der Waals surface area contributed by atoms with E-state index in [1.807, 2.05) is 13.0 Å². The van der Waals surface area contributed by atoms with E-state index in [4.69, 9.17) is 5.73 Å². The third-order valence-electron chi connectivity index (χ3n) is 2.22. The van der Waals surface area contributed by atoms with Gasteiger partial charge in [-0.05, 0) is 18.6 Å². The van der Waals surface area contributed by atoms with Crippen LogP contribution in [0.2, 0.25) is 0 Å². The number of aromatic nitrogens is 1. The Kier molecular flexibility index (Phi) is 2.68. The van der Waals surface area contributed by atoms with Crippen molar-refractivity contribution in [3.05, 3.63) is 46.2 Å². The first kappa shape index (κ1) is 10.1. The molecule has 15 heavy (non-hydrogen) atoms. The largest absolute Gasteiger partial charge is 0.375 e. The fraction of sp³-hybridized carbons (Fsp3) is 0.182. The minimum Gasteiger partial charge on any atom is -0.375 e. The van der Waals surface area contributed by atoms with Gasteiger partial charge in [0.15, 0.2) is 5.13 Å². The van der Waals surface area contributed by atoms with Crippen molar-refractivity contribution in [3.8, 4) is 0 Å². The smallest absolute Gasteiger partial charge is 0.180 e. The molecule has 1 aromatic heterocycles. The van der Waals surface area contributed by atoms with Crippen molar-refractivity contribution >= 4 is 16.5 Å². The Balaban J connectivity index is 2.29. The summed E-state index contributed by atoms with van der Waals surface area (Å²) < 4.78 is 13.4. The van der Waals surface area contributed by atoms with Crippen molar-refractivity contribution in [3.63, 3.8) is 0 Å². The topological polar surface area (TPSA) is 38.9 Å². The zero-order chi connectivity index (χ0) is 10.8. The number of rotatable bonds is 2. The molecule has 78 valence electrons. The molecule has 0 atom stereocenters. The quantitative estimate of drug-likeness (QED) is 0.848. The molecule has 4 heteroatoms. The molecule has 0 radical (unpaired) electrons. The van der Waals surface area contributed by atoms with E-state index in [2.05, 4.69) is 4.98 Å². The van der Waals surface area contributed by atoms with Crippen molar-refractivity contribution in [1.29, 1.82) is 0 Å². The zero-order valence-corrected chi connectivity index (χ0v) is 9.14. The van der Waals surface area contributed by atoms with Crippen LogP contribution in [0.3, 0.4) is 0 Å². The third kappa shape index (κ3) is 2.15. The number of thiazole rings is 1. The maximum absolute atomic E-state index is 13.4.